The summed E-state index contributed by atoms with van der Waals surface area (Å²) in [5, 5.41) is 19.1. The van der Waals surface area contributed by atoms with E-state index >= 15 is 0 Å². The summed E-state index contributed by atoms with van der Waals surface area (Å²) in [6.45, 7) is -0.449. The zero-order valence-electron chi connectivity index (χ0n) is 9.70. The summed E-state index contributed by atoms with van der Waals surface area (Å²) in [5.41, 5.74) is -1.24. The van der Waals surface area contributed by atoms with Crippen LogP contribution in [0.3, 0.4) is 0 Å². The van der Waals surface area contributed by atoms with Crippen molar-refractivity contribution in [2.24, 2.45) is 0 Å². The van der Waals surface area contributed by atoms with E-state index in [2.05, 4.69) is 4.98 Å². The van der Waals surface area contributed by atoms with Gasteiger partial charge < -0.3 is 19.7 Å². The summed E-state index contributed by atoms with van der Waals surface area (Å²) in [7, 11) is 1.33. The number of H-pyrrole nitrogens is 1. The second kappa shape index (κ2) is 4.65. The largest absolute Gasteiger partial charge is 0.391 e. The van der Waals surface area contributed by atoms with E-state index < -0.39 is 36.0 Å². The molecule has 0 amide bonds. The molecule has 0 radical (unpaired) electrons. The van der Waals surface area contributed by atoms with E-state index in [1.54, 1.807) is 0 Å². The smallest absolute Gasteiger partial charge is 0.330 e. The number of rotatable bonds is 3. The van der Waals surface area contributed by atoms with Crippen LogP contribution in [0.25, 0.3) is 0 Å². The molecule has 0 bridgehead atoms. The number of aromatic amines is 1. The Morgan fingerprint density at radius 3 is 2.89 bits per heavy atom. The zero-order chi connectivity index (χ0) is 13.3. The molecule has 0 unspecified atom stereocenters. The lowest BCUT2D eigenvalue weighted by atomic mass is 10.1. The summed E-state index contributed by atoms with van der Waals surface area (Å²) in [5.74, 6) is -1.33. The lowest BCUT2D eigenvalue weighted by Gasteiger charge is -2.25. The maximum atomic E-state index is 11.6. The number of ether oxygens (including phenoxy) is 2. The molecule has 0 spiro atoms. The van der Waals surface area contributed by atoms with E-state index in [1.807, 2.05) is 0 Å². The quantitative estimate of drug-likeness (QED) is 0.586. The van der Waals surface area contributed by atoms with Crippen LogP contribution in [0.2, 0.25) is 0 Å². The van der Waals surface area contributed by atoms with E-state index in [9.17, 15) is 19.8 Å². The van der Waals surface area contributed by atoms with Crippen LogP contribution >= 0.6 is 0 Å². The molecule has 1 aliphatic rings. The molecular weight excluding hydrogens is 244 g/mol. The van der Waals surface area contributed by atoms with Crippen LogP contribution in [0.15, 0.2) is 21.9 Å². The van der Waals surface area contributed by atoms with Gasteiger partial charge in [-0.25, -0.2) is 4.79 Å². The molecular formula is C10H14N2O6. The first-order valence-electron chi connectivity index (χ1n) is 5.35. The molecule has 1 aliphatic heterocycles. The highest BCUT2D eigenvalue weighted by atomic mass is 16.7. The Bertz CT molecular complexity index is 532. The number of aromatic nitrogens is 2. The average Bonchev–Trinajstić information content (AvgIpc) is 2.67. The van der Waals surface area contributed by atoms with Crippen molar-refractivity contribution < 1.29 is 19.7 Å². The standard InChI is InChI=1S/C10H14N2O6/c1-17-10(5-13)4-6(14)8(18-10)12-3-2-7(15)11-9(12)16/h2-3,6,8,13-14H,4-5H2,1H3,(H,11,15,16)/t6-,8-,10+/m1/s1. The van der Waals surface area contributed by atoms with Crippen LogP contribution in [-0.2, 0) is 9.47 Å². The Kier molecular flexibility index (Phi) is 3.35. The summed E-state index contributed by atoms with van der Waals surface area (Å²) < 4.78 is 11.4. The average molecular weight is 258 g/mol. The van der Waals surface area contributed by atoms with Gasteiger partial charge in [-0.2, -0.15) is 0 Å². The molecule has 3 atom stereocenters. The number of hydrogen-bond acceptors (Lipinski definition) is 6. The van der Waals surface area contributed by atoms with Gasteiger partial charge >= 0.3 is 5.69 Å². The van der Waals surface area contributed by atoms with Gasteiger partial charge in [0.05, 0.1) is 6.61 Å². The van der Waals surface area contributed by atoms with E-state index in [-0.39, 0.29) is 6.42 Å². The van der Waals surface area contributed by atoms with Gasteiger partial charge in [0, 0.05) is 25.8 Å². The van der Waals surface area contributed by atoms with Crippen LogP contribution in [0, 0.1) is 0 Å². The topological polar surface area (TPSA) is 114 Å². The van der Waals surface area contributed by atoms with Gasteiger partial charge in [-0.1, -0.05) is 0 Å². The zero-order valence-corrected chi connectivity index (χ0v) is 9.70. The molecule has 1 aromatic heterocycles. The molecule has 1 saturated heterocycles. The Balaban J connectivity index is 2.35. The first kappa shape index (κ1) is 13.0. The third-order valence-electron chi connectivity index (χ3n) is 2.92. The lowest BCUT2D eigenvalue weighted by molar-refractivity contribution is -0.243. The molecule has 3 N–H and O–H groups in total. The number of nitrogens with one attached hydrogen (secondary N) is 1. The van der Waals surface area contributed by atoms with Crippen molar-refractivity contribution in [3.05, 3.63) is 33.1 Å². The Morgan fingerprint density at radius 1 is 1.67 bits per heavy atom. The number of aliphatic hydroxyl groups excluding tert-OH is 2. The Labute approximate surface area is 101 Å². The highest BCUT2D eigenvalue weighted by molar-refractivity contribution is 4.91. The molecule has 2 rings (SSSR count). The van der Waals surface area contributed by atoms with E-state index in [0.717, 1.165) is 10.6 Å². The van der Waals surface area contributed by atoms with Gasteiger partial charge in [0.25, 0.3) is 5.56 Å². The van der Waals surface area contributed by atoms with Crippen LogP contribution in [0.1, 0.15) is 12.6 Å². The van der Waals surface area contributed by atoms with Crippen molar-refractivity contribution in [2.75, 3.05) is 13.7 Å². The Hall–Kier alpha value is -1.48. The van der Waals surface area contributed by atoms with Gasteiger partial charge in [0.1, 0.15) is 6.10 Å². The van der Waals surface area contributed by atoms with Gasteiger partial charge in [-0.15, -0.1) is 0 Å². The maximum absolute atomic E-state index is 11.6. The SMILES string of the molecule is CO[C@@]1(CO)C[C@@H](O)[C@H](n2ccc(=O)[nH]c2=O)O1. The van der Waals surface area contributed by atoms with Gasteiger partial charge in [0.15, 0.2) is 12.0 Å². The molecule has 0 aromatic carbocycles. The molecule has 100 valence electrons. The third kappa shape index (κ3) is 2.10. The highest BCUT2D eigenvalue weighted by Crippen LogP contribution is 2.36. The van der Waals surface area contributed by atoms with Crippen LogP contribution < -0.4 is 11.2 Å². The molecule has 8 heteroatoms. The fourth-order valence-corrected chi connectivity index (χ4v) is 1.93. The first-order chi connectivity index (χ1) is 8.51. The lowest BCUT2D eigenvalue weighted by Crippen LogP contribution is -2.37. The fraction of sp³-hybridized carbons (Fsp3) is 0.600. The van der Waals surface area contributed by atoms with Crippen molar-refractivity contribution in [3.8, 4) is 0 Å². The summed E-state index contributed by atoms with van der Waals surface area (Å²) in [6.07, 6.45) is -0.795. The van der Waals surface area contributed by atoms with Crippen LogP contribution in [0.5, 0.6) is 0 Å². The number of nitrogens with zero attached hydrogens (tertiary/aromatic N) is 1. The van der Waals surface area contributed by atoms with Crippen molar-refractivity contribution in [1.29, 1.82) is 0 Å². The minimum absolute atomic E-state index is 0.0240. The highest BCUT2D eigenvalue weighted by Gasteiger charge is 2.47. The van der Waals surface area contributed by atoms with Gasteiger partial charge in [-0.3, -0.25) is 14.3 Å². The molecule has 1 fully saturated rings. The van der Waals surface area contributed by atoms with E-state index in [4.69, 9.17) is 9.47 Å². The van der Waals surface area contributed by atoms with Crippen LogP contribution in [0.4, 0.5) is 0 Å². The Morgan fingerprint density at radius 2 is 2.39 bits per heavy atom. The molecule has 1 aromatic rings. The van der Waals surface area contributed by atoms with Crippen molar-refractivity contribution in [1.82, 2.24) is 9.55 Å². The molecule has 0 saturated carbocycles. The maximum Gasteiger partial charge on any atom is 0.330 e. The van der Waals surface area contributed by atoms with Gasteiger partial charge in [-0.05, 0) is 0 Å². The minimum Gasteiger partial charge on any atom is -0.391 e. The predicted octanol–water partition coefficient (Wildman–Crippen LogP) is -1.85. The third-order valence-corrected chi connectivity index (χ3v) is 2.92. The monoisotopic (exact) mass is 258 g/mol. The minimum atomic E-state index is -1.33. The molecule has 18 heavy (non-hydrogen) atoms. The van der Waals surface area contributed by atoms with Gasteiger partial charge in [0.2, 0.25) is 0 Å². The number of aliphatic hydroxyl groups is 2. The number of methoxy groups -OCH3 is 1. The summed E-state index contributed by atoms with van der Waals surface area (Å²) in [4.78, 5) is 24.6. The van der Waals surface area contributed by atoms with E-state index in [0.29, 0.717) is 0 Å². The van der Waals surface area contributed by atoms with Crippen LogP contribution in [-0.4, -0.2) is 45.4 Å². The predicted molar refractivity (Wildman–Crippen MR) is 58.9 cm³/mol. The second-order valence-electron chi connectivity index (χ2n) is 4.07. The first-order valence-corrected chi connectivity index (χ1v) is 5.35. The van der Waals surface area contributed by atoms with Crippen molar-refractivity contribution in [3.63, 3.8) is 0 Å². The number of hydrogen-bond donors (Lipinski definition) is 3. The summed E-state index contributed by atoms with van der Waals surface area (Å²) >= 11 is 0. The summed E-state index contributed by atoms with van der Waals surface area (Å²) in [6, 6.07) is 1.14. The van der Waals surface area contributed by atoms with E-state index in [1.165, 1.54) is 13.3 Å². The normalized spacial score (nSPS) is 31.7. The molecule has 2 heterocycles. The second-order valence-corrected chi connectivity index (χ2v) is 4.07. The molecule has 0 aliphatic carbocycles. The molecule has 8 nitrogen and oxygen atoms in total. The van der Waals surface area contributed by atoms with Crippen molar-refractivity contribution >= 4 is 0 Å². The fourth-order valence-electron chi connectivity index (χ4n) is 1.93. The van der Waals surface area contributed by atoms with Crippen molar-refractivity contribution in [2.45, 2.75) is 24.5 Å².